The lowest BCUT2D eigenvalue weighted by molar-refractivity contribution is -0.128. The van der Waals surface area contributed by atoms with Crippen LogP contribution in [0, 0.1) is 5.82 Å². The summed E-state index contributed by atoms with van der Waals surface area (Å²) in [7, 11) is 0. The Morgan fingerprint density at radius 1 is 1.37 bits per heavy atom. The Labute approximate surface area is 114 Å². The van der Waals surface area contributed by atoms with Crippen molar-refractivity contribution >= 4 is 5.91 Å². The number of carbonyl (C=O) groups excluding carboxylic acids is 1. The van der Waals surface area contributed by atoms with Crippen LogP contribution in [0.15, 0.2) is 24.3 Å². The van der Waals surface area contributed by atoms with E-state index in [0.29, 0.717) is 6.42 Å². The van der Waals surface area contributed by atoms with E-state index in [1.807, 2.05) is 13.8 Å². The highest BCUT2D eigenvalue weighted by Crippen LogP contribution is 2.18. The number of carbonyl (C=O) groups is 1. The van der Waals surface area contributed by atoms with E-state index in [1.165, 1.54) is 12.1 Å². The molecule has 1 aromatic rings. The summed E-state index contributed by atoms with van der Waals surface area (Å²) in [4.78, 5) is 12.0. The van der Waals surface area contributed by atoms with Crippen LogP contribution in [0.25, 0.3) is 0 Å². The number of hydrogen-bond acceptors (Lipinski definition) is 2. The van der Waals surface area contributed by atoms with Crippen molar-refractivity contribution in [3.05, 3.63) is 30.1 Å². The Morgan fingerprint density at radius 3 is 2.63 bits per heavy atom. The Bertz CT molecular complexity index is 409. The number of rotatable bonds is 7. The minimum atomic E-state index is -0.656. The van der Waals surface area contributed by atoms with Gasteiger partial charge in [0.15, 0.2) is 17.7 Å². The van der Waals surface area contributed by atoms with E-state index in [2.05, 4.69) is 12.2 Å². The van der Waals surface area contributed by atoms with Crippen LogP contribution in [-0.4, -0.2) is 18.1 Å². The summed E-state index contributed by atoms with van der Waals surface area (Å²) in [6, 6.07) is 6.23. The molecule has 106 valence electrons. The lowest BCUT2D eigenvalue weighted by Gasteiger charge is -2.20. The highest BCUT2D eigenvalue weighted by molar-refractivity contribution is 5.81. The molecule has 0 heterocycles. The summed E-state index contributed by atoms with van der Waals surface area (Å²) in [6.45, 7) is 5.86. The fourth-order valence-corrected chi connectivity index (χ4v) is 1.86. The summed E-state index contributed by atoms with van der Waals surface area (Å²) < 4.78 is 18.9. The second-order valence-electron chi connectivity index (χ2n) is 4.64. The van der Waals surface area contributed by atoms with E-state index in [0.717, 1.165) is 12.8 Å². The van der Waals surface area contributed by atoms with Gasteiger partial charge in [-0.1, -0.05) is 32.4 Å². The smallest absolute Gasteiger partial charge is 0.261 e. The second kappa shape index (κ2) is 7.77. The molecule has 0 spiro atoms. The lowest BCUT2D eigenvalue weighted by Crippen LogP contribution is -2.42. The number of hydrogen-bond donors (Lipinski definition) is 1. The molecule has 0 aromatic heterocycles. The normalized spacial score (nSPS) is 13.7. The van der Waals surface area contributed by atoms with Crippen LogP contribution >= 0.6 is 0 Å². The molecule has 0 bridgehead atoms. The van der Waals surface area contributed by atoms with Crippen LogP contribution in [0.2, 0.25) is 0 Å². The van der Waals surface area contributed by atoms with Crippen molar-refractivity contribution in [2.75, 3.05) is 0 Å². The number of amides is 1. The van der Waals surface area contributed by atoms with Gasteiger partial charge in [0.05, 0.1) is 0 Å². The van der Waals surface area contributed by atoms with E-state index < -0.39 is 11.9 Å². The molecular formula is C15H22FNO2. The minimum absolute atomic E-state index is 0.107. The molecule has 19 heavy (non-hydrogen) atoms. The monoisotopic (exact) mass is 267 g/mol. The molecule has 0 radical (unpaired) electrons. The van der Waals surface area contributed by atoms with Gasteiger partial charge in [0, 0.05) is 6.04 Å². The molecule has 0 aliphatic carbocycles. The summed E-state index contributed by atoms with van der Waals surface area (Å²) in [6.07, 6.45) is 1.77. The molecule has 1 rings (SSSR count). The zero-order valence-electron chi connectivity index (χ0n) is 11.8. The first-order valence-electron chi connectivity index (χ1n) is 6.80. The van der Waals surface area contributed by atoms with Crippen LogP contribution < -0.4 is 10.1 Å². The van der Waals surface area contributed by atoms with Crippen molar-refractivity contribution in [3.63, 3.8) is 0 Å². The van der Waals surface area contributed by atoms with Crippen molar-refractivity contribution in [3.8, 4) is 5.75 Å². The number of halogens is 1. The predicted octanol–water partition coefficient (Wildman–Crippen LogP) is 3.29. The molecule has 3 nitrogen and oxygen atoms in total. The largest absolute Gasteiger partial charge is 0.478 e. The van der Waals surface area contributed by atoms with E-state index in [9.17, 15) is 9.18 Å². The third kappa shape index (κ3) is 4.89. The van der Waals surface area contributed by atoms with Gasteiger partial charge in [0.1, 0.15) is 0 Å². The van der Waals surface area contributed by atoms with Crippen molar-refractivity contribution < 1.29 is 13.9 Å². The van der Waals surface area contributed by atoms with Crippen molar-refractivity contribution in [1.29, 1.82) is 0 Å². The molecule has 0 fully saturated rings. The molecule has 1 amide bonds. The molecule has 0 aliphatic heterocycles. The van der Waals surface area contributed by atoms with Crippen LogP contribution in [-0.2, 0) is 4.79 Å². The SMILES string of the molecule is CCC[C@@H](C)NC(=O)[C@@H](CC)Oc1ccccc1F. The Balaban J connectivity index is 2.63. The van der Waals surface area contributed by atoms with Crippen LogP contribution in [0.4, 0.5) is 4.39 Å². The number of para-hydroxylation sites is 1. The van der Waals surface area contributed by atoms with Crippen molar-refractivity contribution in [2.24, 2.45) is 0 Å². The first-order chi connectivity index (χ1) is 9.08. The van der Waals surface area contributed by atoms with Gasteiger partial charge in [-0.3, -0.25) is 4.79 Å². The summed E-state index contributed by atoms with van der Waals surface area (Å²) in [5.41, 5.74) is 0. The lowest BCUT2D eigenvalue weighted by atomic mass is 10.1. The number of benzene rings is 1. The Kier molecular flexibility index (Phi) is 6.33. The average Bonchev–Trinajstić information content (AvgIpc) is 2.37. The van der Waals surface area contributed by atoms with Crippen molar-refractivity contribution in [1.82, 2.24) is 5.32 Å². The van der Waals surface area contributed by atoms with Gasteiger partial charge in [0.25, 0.3) is 5.91 Å². The van der Waals surface area contributed by atoms with Gasteiger partial charge < -0.3 is 10.1 Å². The van der Waals surface area contributed by atoms with E-state index in [4.69, 9.17) is 4.74 Å². The maximum Gasteiger partial charge on any atom is 0.261 e. The Morgan fingerprint density at radius 2 is 2.05 bits per heavy atom. The summed E-state index contributed by atoms with van der Waals surface area (Å²) >= 11 is 0. The standard InChI is InChI=1S/C15H22FNO2/c1-4-8-11(3)17-15(18)13(5-2)19-14-10-7-6-9-12(14)16/h6-7,9-11,13H,4-5,8H2,1-3H3,(H,17,18)/t11-,13-/m1/s1. The van der Waals surface area contributed by atoms with E-state index in [-0.39, 0.29) is 17.7 Å². The predicted molar refractivity (Wildman–Crippen MR) is 73.6 cm³/mol. The molecule has 0 saturated carbocycles. The van der Waals surface area contributed by atoms with Crippen LogP contribution in [0.1, 0.15) is 40.0 Å². The molecule has 2 atom stereocenters. The molecule has 0 unspecified atom stereocenters. The minimum Gasteiger partial charge on any atom is -0.478 e. The quantitative estimate of drug-likeness (QED) is 0.823. The van der Waals surface area contributed by atoms with Gasteiger partial charge in [-0.25, -0.2) is 4.39 Å². The molecular weight excluding hydrogens is 245 g/mol. The maximum atomic E-state index is 13.5. The van der Waals surface area contributed by atoms with E-state index in [1.54, 1.807) is 12.1 Å². The summed E-state index contributed by atoms with van der Waals surface area (Å²) in [5.74, 6) is -0.519. The zero-order chi connectivity index (χ0) is 14.3. The van der Waals surface area contributed by atoms with Crippen molar-refractivity contribution in [2.45, 2.75) is 52.2 Å². The topological polar surface area (TPSA) is 38.3 Å². The fourth-order valence-electron chi connectivity index (χ4n) is 1.86. The average molecular weight is 267 g/mol. The zero-order valence-corrected chi connectivity index (χ0v) is 11.8. The van der Waals surface area contributed by atoms with Gasteiger partial charge in [0.2, 0.25) is 0 Å². The molecule has 1 aromatic carbocycles. The highest BCUT2D eigenvalue weighted by Gasteiger charge is 2.20. The van der Waals surface area contributed by atoms with Gasteiger partial charge in [-0.05, 0) is 31.9 Å². The van der Waals surface area contributed by atoms with Crippen LogP contribution in [0.3, 0.4) is 0 Å². The first-order valence-corrected chi connectivity index (χ1v) is 6.80. The van der Waals surface area contributed by atoms with Crippen LogP contribution in [0.5, 0.6) is 5.75 Å². The summed E-state index contributed by atoms with van der Waals surface area (Å²) in [5, 5.41) is 2.89. The first kappa shape index (κ1) is 15.5. The Hall–Kier alpha value is -1.58. The van der Waals surface area contributed by atoms with Gasteiger partial charge in [-0.15, -0.1) is 0 Å². The molecule has 1 N–H and O–H groups in total. The molecule has 0 aliphatic rings. The third-order valence-corrected chi connectivity index (χ3v) is 2.88. The number of ether oxygens (including phenoxy) is 1. The maximum absolute atomic E-state index is 13.5. The highest BCUT2D eigenvalue weighted by atomic mass is 19.1. The molecule has 0 saturated heterocycles. The van der Waals surface area contributed by atoms with Gasteiger partial charge in [-0.2, -0.15) is 0 Å². The fraction of sp³-hybridized carbons (Fsp3) is 0.533. The van der Waals surface area contributed by atoms with Gasteiger partial charge >= 0.3 is 0 Å². The second-order valence-corrected chi connectivity index (χ2v) is 4.64. The third-order valence-electron chi connectivity index (χ3n) is 2.88. The van der Waals surface area contributed by atoms with E-state index >= 15 is 0 Å². The molecule has 4 heteroatoms. The number of nitrogens with one attached hydrogen (secondary N) is 1.